The molecule has 0 spiro atoms. The molecule has 3 fully saturated rings. The number of hydrogen-bond donors (Lipinski definition) is 4. The third-order valence-corrected chi connectivity index (χ3v) is 11.7. The fourth-order valence-electron chi connectivity index (χ4n) is 7.51. The first-order valence-electron chi connectivity index (χ1n) is 22.0. The third kappa shape index (κ3) is 16.5. The summed E-state index contributed by atoms with van der Waals surface area (Å²) in [5.74, 6) is 5.91. The van der Waals surface area contributed by atoms with E-state index in [4.69, 9.17) is 59.5 Å². The number of nitrogens with one attached hydrogen (secondary N) is 2. The Morgan fingerprint density at radius 3 is 1.33 bits per heavy atom. The number of phenolic OH excluding ortho intramolecular Hbond substituents is 1. The second kappa shape index (κ2) is 23.3. The lowest BCUT2D eigenvalue weighted by Gasteiger charge is -2.19. The minimum absolute atomic E-state index is 0. The highest BCUT2D eigenvalue weighted by atomic mass is 35.5. The van der Waals surface area contributed by atoms with E-state index in [2.05, 4.69) is 10.6 Å². The molecule has 3 saturated carbocycles. The highest BCUT2D eigenvalue weighted by Gasteiger charge is 2.42. The third-order valence-electron chi connectivity index (χ3n) is 11.0. The largest absolute Gasteiger partial charge is 0.508 e. The molecule has 3 aliphatic carbocycles. The highest BCUT2D eigenvalue weighted by molar-refractivity contribution is 6.31. The lowest BCUT2D eigenvalue weighted by molar-refractivity contribution is 0.0513. The van der Waals surface area contributed by atoms with Crippen LogP contribution >= 0.6 is 47.2 Å². The van der Waals surface area contributed by atoms with E-state index < -0.39 is 17.3 Å². The Morgan fingerprint density at radius 2 is 0.939 bits per heavy atom. The van der Waals surface area contributed by atoms with E-state index in [9.17, 15) is 14.7 Å². The zero-order valence-electron chi connectivity index (χ0n) is 38.2. The number of benzene rings is 5. The van der Waals surface area contributed by atoms with Crippen molar-refractivity contribution in [3.8, 4) is 28.7 Å². The summed E-state index contributed by atoms with van der Waals surface area (Å²) in [6.45, 7) is 12.9. The molecule has 66 heavy (non-hydrogen) atoms. The molecule has 5 aromatic rings. The molecule has 0 saturated heterocycles. The second-order valence-corrected chi connectivity index (χ2v) is 20.0. The smallest absolute Gasteiger partial charge is 0.407 e. The molecular formula is C52H61Cl4N3O7. The molecule has 3 aliphatic rings. The van der Waals surface area contributed by atoms with Gasteiger partial charge in [-0.25, -0.2) is 9.59 Å². The summed E-state index contributed by atoms with van der Waals surface area (Å²) in [6.07, 6.45) is 2.26. The zero-order chi connectivity index (χ0) is 46.9. The minimum atomic E-state index is -0.489. The summed E-state index contributed by atoms with van der Waals surface area (Å²) < 4.78 is 22.5. The molecule has 6 atom stereocenters. The number of rotatable bonds is 12. The minimum Gasteiger partial charge on any atom is -0.508 e. The monoisotopic (exact) mass is 979 g/mol. The molecule has 0 aliphatic heterocycles. The first-order chi connectivity index (χ1) is 30.9. The number of carbonyl (C=O) groups is 2. The Kier molecular flexibility index (Phi) is 18.4. The predicted molar refractivity (Wildman–Crippen MR) is 266 cm³/mol. The van der Waals surface area contributed by atoms with Crippen LogP contribution in [0.2, 0.25) is 15.1 Å². The number of nitrogens with two attached hydrogens (primary N) is 1. The average molecular weight is 982 g/mol. The van der Waals surface area contributed by atoms with E-state index in [0.717, 1.165) is 65.0 Å². The molecular weight excluding hydrogens is 920 g/mol. The summed E-state index contributed by atoms with van der Waals surface area (Å²) >= 11 is 18.2. The van der Waals surface area contributed by atoms with Gasteiger partial charge < -0.3 is 40.4 Å². The van der Waals surface area contributed by atoms with E-state index in [1.54, 1.807) is 18.2 Å². The number of aromatic hydroxyl groups is 1. The van der Waals surface area contributed by atoms with Crippen molar-refractivity contribution in [3.63, 3.8) is 0 Å². The topological polar surface area (TPSA) is 141 Å². The Morgan fingerprint density at radius 1 is 0.576 bits per heavy atom. The first-order valence-corrected chi connectivity index (χ1v) is 23.2. The van der Waals surface area contributed by atoms with Gasteiger partial charge in [0.25, 0.3) is 0 Å². The maximum Gasteiger partial charge on any atom is 0.407 e. The lowest BCUT2D eigenvalue weighted by atomic mass is 10.1. The maximum absolute atomic E-state index is 11.8. The quantitative estimate of drug-likeness (QED) is 0.0968. The number of hydrogen-bond acceptors (Lipinski definition) is 8. The van der Waals surface area contributed by atoms with E-state index in [1.165, 1.54) is 5.56 Å². The van der Waals surface area contributed by atoms with Gasteiger partial charge in [-0.15, -0.1) is 12.4 Å². The molecule has 14 heteroatoms. The molecule has 0 bridgehead atoms. The number of phenols is 1. The van der Waals surface area contributed by atoms with Crippen molar-refractivity contribution in [1.29, 1.82) is 0 Å². The second-order valence-electron chi connectivity index (χ2n) is 18.7. The molecule has 0 heterocycles. The lowest BCUT2D eigenvalue weighted by Crippen LogP contribution is -2.33. The van der Waals surface area contributed by atoms with Gasteiger partial charge in [0.15, 0.2) is 0 Å². The van der Waals surface area contributed by atoms with Crippen molar-refractivity contribution in [2.75, 3.05) is 19.6 Å². The van der Waals surface area contributed by atoms with Crippen molar-refractivity contribution >= 4 is 59.4 Å². The predicted octanol–water partition coefficient (Wildman–Crippen LogP) is 14.1. The molecule has 5 aromatic carbocycles. The van der Waals surface area contributed by atoms with Crippen molar-refractivity contribution in [3.05, 3.63) is 147 Å². The molecule has 0 aromatic heterocycles. The van der Waals surface area contributed by atoms with Crippen LogP contribution in [0.3, 0.4) is 0 Å². The highest BCUT2D eigenvalue weighted by Crippen LogP contribution is 2.53. The number of alkyl carbamates (subject to hydrolysis) is 2. The van der Waals surface area contributed by atoms with Gasteiger partial charge in [-0.1, -0.05) is 71.2 Å². The van der Waals surface area contributed by atoms with Crippen LogP contribution in [0.25, 0.3) is 0 Å². The number of halogens is 4. The van der Waals surface area contributed by atoms with Crippen LogP contribution in [0, 0.1) is 17.8 Å². The van der Waals surface area contributed by atoms with E-state index in [-0.39, 0.29) is 30.2 Å². The summed E-state index contributed by atoms with van der Waals surface area (Å²) in [5, 5.41) is 17.5. The van der Waals surface area contributed by atoms with Gasteiger partial charge in [0.05, 0.1) is 0 Å². The van der Waals surface area contributed by atoms with Crippen LogP contribution < -0.4 is 25.8 Å². The average Bonchev–Trinajstić information content (AvgIpc) is 4.15. The fourth-order valence-corrected chi connectivity index (χ4v) is 8.05. The van der Waals surface area contributed by atoms with E-state index >= 15 is 0 Å². The van der Waals surface area contributed by atoms with Gasteiger partial charge >= 0.3 is 12.2 Å². The van der Waals surface area contributed by atoms with Crippen LogP contribution in [-0.4, -0.2) is 48.1 Å². The Bertz CT molecular complexity index is 2380. The SMILES string of the molecule is CC(C)(C)OC(=O)NCC1CC1c1cc(Cl)ccc1O.CC(C)(C)OC(=O)NCC1CC1c1cc(Cl)ccc1Oc1ccccc1.Cl.NCC1CC1c1cc(Cl)ccc1Oc1ccccc1. The number of ether oxygens (including phenoxy) is 4. The molecule has 8 rings (SSSR count). The standard InChI is InChI=1S/C21H24ClNO3.C16H16ClNO.C15H20ClNO3.ClH/c1-21(2,3)26-20(24)23-13-14-11-17(14)18-12-15(22)9-10-19(18)25-16-7-5-4-6-8-16;17-12-6-7-16(19-13-4-2-1-3-5-13)15(9-12)14-8-11(14)10-18;1-15(2,3)20-14(19)17-8-9-6-11(9)12-7-10(16)4-5-13(12)18;/h4-10,12,14,17H,11,13H2,1-3H3,(H,23,24);1-7,9,11,14H,8,10,18H2;4-5,7,9,11,18H,6,8H2,1-3H3,(H,17,19);1H. The van der Waals surface area contributed by atoms with Gasteiger partial charge in [-0.2, -0.15) is 0 Å². The van der Waals surface area contributed by atoms with Crippen molar-refractivity contribution in [2.45, 2.75) is 89.8 Å². The fraction of sp³-hybridized carbons (Fsp3) is 0.385. The molecule has 6 unspecified atom stereocenters. The van der Waals surface area contributed by atoms with Gasteiger partial charge in [-0.3, -0.25) is 0 Å². The normalized spacial score (nSPS) is 20.0. The number of amides is 2. The van der Waals surface area contributed by atoms with Gasteiger partial charge in [0.1, 0.15) is 39.9 Å². The van der Waals surface area contributed by atoms with Crippen LogP contribution in [0.1, 0.15) is 95.2 Å². The number of para-hydroxylation sites is 2. The summed E-state index contributed by atoms with van der Waals surface area (Å²) in [6, 6.07) is 36.0. The molecule has 2 amide bonds. The van der Waals surface area contributed by atoms with Crippen molar-refractivity contribution in [2.24, 2.45) is 23.5 Å². The Balaban J connectivity index is 0.000000187. The van der Waals surface area contributed by atoms with Gasteiger partial charge in [0, 0.05) is 28.2 Å². The van der Waals surface area contributed by atoms with E-state index in [0.29, 0.717) is 52.7 Å². The maximum atomic E-state index is 11.8. The van der Waals surface area contributed by atoms with Crippen molar-refractivity contribution < 1.29 is 33.6 Å². The molecule has 0 radical (unpaired) electrons. The number of carbonyl (C=O) groups excluding carboxylic acids is 2. The molecule has 5 N–H and O–H groups in total. The van der Waals surface area contributed by atoms with Gasteiger partial charge in [-0.05, 0) is 198 Å². The Labute approximate surface area is 410 Å². The summed E-state index contributed by atoms with van der Waals surface area (Å²) in [7, 11) is 0. The van der Waals surface area contributed by atoms with Crippen LogP contribution in [-0.2, 0) is 9.47 Å². The molecule has 10 nitrogen and oxygen atoms in total. The van der Waals surface area contributed by atoms with E-state index in [1.807, 2.05) is 139 Å². The van der Waals surface area contributed by atoms with Crippen LogP contribution in [0.15, 0.2) is 115 Å². The summed E-state index contributed by atoms with van der Waals surface area (Å²) in [4.78, 5) is 23.4. The Hall–Kier alpha value is -4.84. The molecule has 354 valence electrons. The first kappa shape index (κ1) is 52.1. The van der Waals surface area contributed by atoms with Crippen molar-refractivity contribution in [1.82, 2.24) is 10.6 Å². The van der Waals surface area contributed by atoms with Crippen LogP contribution in [0.4, 0.5) is 9.59 Å². The van der Waals surface area contributed by atoms with Gasteiger partial charge in [0.2, 0.25) is 0 Å². The van der Waals surface area contributed by atoms with Crippen LogP contribution in [0.5, 0.6) is 28.7 Å². The summed E-state index contributed by atoms with van der Waals surface area (Å²) in [5.41, 5.74) is 7.86. The zero-order valence-corrected chi connectivity index (χ0v) is 41.3.